The van der Waals surface area contributed by atoms with Crippen molar-refractivity contribution in [3.63, 3.8) is 0 Å². The molecule has 6 aromatic rings. The van der Waals surface area contributed by atoms with Crippen LogP contribution in [0.1, 0.15) is 48.4 Å². The van der Waals surface area contributed by atoms with Crippen molar-refractivity contribution in [2.75, 3.05) is 0 Å². The van der Waals surface area contributed by atoms with E-state index in [4.69, 9.17) is 4.74 Å². The Kier molecular flexibility index (Phi) is 7.47. The molecule has 4 aromatic carbocycles. The quantitative estimate of drug-likeness (QED) is 0.149. The number of benzene rings is 4. The van der Waals surface area contributed by atoms with Crippen molar-refractivity contribution in [1.82, 2.24) is 20.6 Å². The predicted octanol–water partition coefficient (Wildman–Crippen LogP) is 8.05. The Morgan fingerprint density at radius 2 is 1.35 bits per heavy atom. The van der Waals surface area contributed by atoms with E-state index in [0.717, 1.165) is 55.7 Å². The van der Waals surface area contributed by atoms with Crippen LogP contribution in [-0.4, -0.2) is 33.9 Å². The third kappa shape index (κ3) is 6.02. The Hall–Kier alpha value is -5.30. The lowest BCUT2D eigenvalue weighted by Gasteiger charge is -2.09. The lowest BCUT2D eigenvalue weighted by molar-refractivity contribution is 0.0934. The molecular formula is C36H34N4O3. The maximum Gasteiger partial charge on any atom is 0.251 e. The minimum Gasteiger partial charge on any atom is -0.457 e. The van der Waals surface area contributed by atoms with E-state index in [2.05, 4.69) is 26.7 Å². The minimum atomic E-state index is -0.0840. The molecule has 2 heterocycles. The van der Waals surface area contributed by atoms with Gasteiger partial charge in [-0.3, -0.25) is 9.59 Å². The van der Waals surface area contributed by atoms with Gasteiger partial charge in [0.1, 0.15) is 11.5 Å². The maximum absolute atomic E-state index is 12.4. The first-order valence-corrected chi connectivity index (χ1v) is 14.5. The van der Waals surface area contributed by atoms with Gasteiger partial charge in [0.25, 0.3) is 11.8 Å². The Labute approximate surface area is 250 Å². The lowest BCUT2D eigenvalue weighted by Crippen LogP contribution is -2.29. The summed E-state index contributed by atoms with van der Waals surface area (Å²) in [5.41, 5.74) is 7.11. The summed E-state index contributed by atoms with van der Waals surface area (Å²) < 4.78 is 6.22. The van der Waals surface area contributed by atoms with Crippen molar-refractivity contribution in [3.8, 4) is 33.9 Å². The molecule has 43 heavy (non-hydrogen) atoms. The number of ether oxygens (including phenoxy) is 1. The van der Waals surface area contributed by atoms with E-state index in [1.54, 1.807) is 0 Å². The first kappa shape index (κ1) is 27.8. The molecule has 0 aliphatic rings. The van der Waals surface area contributed by atoms with Crippen molar-refractivity contribution in [2.24, 2.45) is 0 Å². The van der Waals surface area contributed by atoms with E-state index in [1.807, 2.05) is 119 Å². The number of rotatable bonds is 8. The molecule has 6 rings (SSSR count). The molecule has 7 heteroatoms. The lowest BCUT2D eigenvalue weighted by atomic mass is 10.0. The molecule has 0 fully saturated rings. The van der Waals surface area contributed by atoms with Crippen molar-refractivity contribution in [3.05, 3.63) is 108 Å². The van der Waals surface area contributed by atoms with Crippen LogP contribution < -0.4 is 15.4 Å². The number of hydrogen-bond acceptors (Lipinski definition) is 3. The van der Waals surface area contributed by atoms with Crippen LogP contribution in [0.25, 0.3) is 44.2 Å². The Morgan fingerprint density at radius 1 is 0.674 bits per heavy atom. The summed E-state index contributed by atoms with van der Waals surface area (Å²) in [6.45, 7) is 7.79. The van der Waals surface area contributed by atoms with Gasteiger partial charge in [-0.15, -0.1) is 0 Å². The van der Waals surface area contributed by atoms with Crippen LogP contribution in [0.3, 0.4) is 0 Å². The first-order valence-electron chi connectivity index (χ1n) is 14.5. The number of amides is 2. The molecule has 0 atom stereocenters. The number of aromatic nitrogens is 2. The normalized spacial score (nSPS) is 11.4. The minimum absolute atomic E-state index is 0.0776. The van der Waals surface area contributed by atoms with Gasteiger partial charge >= 0.3 is 0 Å². The highest BCUT2D eigenvalue weighted by Crippen LogP contribution is 2.33. The molecule has 0 saturated heterocycles. The SMILES string of the molecule is CC(C)NC(=O)c1ccc2cc(-c3ccc(Oc4cccc(-c5c[nH]c6cc(C(=O)NC(C)C)ccc56)c4)cc3)[nH]c2c1. The van der Waals surface area contributed by atoms with Crippen LogP contribution in [0.5, 0.6) is 11.5 Å². The number of hydrogen-bond donors (Lipinski definition) is 4. The third-order valence-electron chi connectivity index (χ3n) is 7.21. The number of nitrogens with one attached hydrogen (secondary N) is 4. The number of carbonyl (C=O) groups excluding carboxylic acids is 2. The molecule has 0 spiro atoms. The fourth-order valence-corrected chi connectivity index (χ4v) is 5.19. The average Bonchev–Trinajstić information content (AvgIpc) is 3.61. The number of carbonyl (C=O) groups is 2. The standard InChI is InChI=1S/C36H34N4O3/c1-21(2)38-35(41)26-9-8-25-17-32(40-33(25)18-26)23-10-13-28(14-11-23)43-29-7-5-6-24(16-29)31-20-37-34-19-27(12-15-30(31)34)36(42)39-22(3)4/h5-22,37,40H,1-4H3,(H,38,41)(H,39,42). The molecule has 0 saturated carbocycles. The monoisotopic (exact) mass is 570 g/mol. The van der Waals surface area contributed by atoms with Crippen LogP contribution >= 0.6 is 0 Å². The molecule has 2 aromatic heterocycles. The second-order valence-corrected chi connectivity index (χ2v) is 11.4. The summed E-state index contributed by atoms with van der Waals surface area (Å²) in [6, 6.07) is 29.6. The van der Waals surface area contributed by atoms with E-state index in [9.17, 15) is 9.59 Å². The van der Waals surface area contributed by atoms with Gasteiger partial charge in [-0.1, -0.05) is 24.3 Å². The predicted molar refractivity (Wildman–Crippen MR) is 173 cm³/mol. The maximum atomic E-state index is 12.4. The zero-order valence-corrected chi connectivity index (χ0v) is 24.6. The van der Waals surface area contributed by atoms with Gasteiger partial charge in [-0.2, -0.15) is 0 Å². The van der Waals surface area contributed by atoms with Gasteiger partial charge in [0.05, 0.1) is 0 Å². The van der Waals surface area contributed by atoms with E-state index >= 15 is 0 Å². The van der Waals surface area contributed by atoms with Crippen molar-refractivity contribution in [1.29, 1.82) is 0 Å². The molecule has 216 valence electrons. The van der Waals surface area contributed by atoms with Gasteiger partial charge in [-0.25, -0.2) is 0 Å². The third-order valence-corrected chi connectivity index (χ3v) is 7.21. The summed E-state index contributed by atoms with van der Waals surface area (Å²) in [5, 5.41) is 7.95. The van der Waals surface area contributed by atoms with E-state index in [1.165, 1.54) is 0 Å². The molecule has 0 aliphatic heterocycles. The topological polar surface area (TPSA) is 99.0 Å². The van der Waals surface area contributed by atoms with Crippen LogP contribution in [-0.2, 0) is 0 Å². The Morgan fingerprint density at radius 3 is 2.05 bits per heavy atom. The van der Waals surface area contributed by atoms with Gasteiger partial charge in [0, 0.05) is 62.5 Å². The molecule has 0 radical (unpaired) electrons. The van der Waals surface area contributed by atoms with E-state index in [0.29, 0.717) is 11.1 Å². The molecule has 0 bridgehead atoms. The molecule has 7 nitrogen and oxygen atoms in total. The van der Waals surface area contributed by atoms with Crippen LogP contribution in [0.4, 0.5) is 0 Å². The fourth-order valence-electron chi connectivity index (χ4n) is 5.19. The van der Waals surface area contributed by atoms with Crippen molar-refractivity contribution >= 4 is 33.6 Å². The summed E-state index contributed by atoms with van der Waals surface area (Å²) in [7, 11) is 0. The van der Waals surface area contributed by atoms with Gasteiger partial charge in [0.15, 0.2) is 0 Å². The van der Waals surface area contributed by atoms with E-state index < -0.39 is 0 Å². The van der Waals surface area contributed by atoms with Crippen LogP contribution in [0.15, 0.2) is 97.2 Å². The zero-order chi connectivity index (χ0) is 30.1. The average molecular weight is 571 g/mol. The number of fused-ring (bicyclic) bond motifs is 2. The molecular weight excluding hydrogens is 536 g/mol. The zero-order valence-electron chi connectivity index (χ0n) is 24.6. The Bertz CT molecular complexity index is 1950. The highest BCUT2D eigenvalue weighted by Gasteiger charge is 2.13. The summed E-state index contributed by atoms with van der Waals surface area (Å²) in [4.78, 5) is 31.6. The molecule has 2 amide bonds. The van der Waals surface area contributed by atoms with Gasteiger partial charge in [0.2, 0.25) is 0 Å². The van der Waals surface area contributed by atoms with E-state index in [-0.39, 0.29) is 23.9 Å². The molecule has 4 N–H and O–H groups in total. The van der Waals surface area contributed by atoms with Crippen molar-refractivity contribution < 1.29 is 14.3 Å². The first-order chi connectivity index (χ1) is 20.7. The van der Waals surface area contributed by atoms with Crippen molar-refractivity contribution in [2.45, 2.75) is 39.8 Å². The molecule has 0 aliphatic carbocycles. The second-order valence-electron chi connectivity index (χ2n) is 11.4. The summed E-state index contributed by atoms with van der Waals surface area (Å²) in [5.74, 6) is 1.29. The van der Waals surface area contributed by atoms with Crippen LogP contribution in [0.2, 0.25) is 0 Å². The fraction of sp³-hybridized carbons (Fsp3) is 0.167. The number of H-pyrrole nitrogens is 2. The highest BCUT2D eigenvalue weighted by molar-refractivity contribution is 6.02. The Balaban J connectivity index is 1.18. The molecule has 0 unspecified atom stereocenters. The smallest absolute Gasteiger partial charge is 0.251 e. The summed E-state index contributed by atoms with van der Waals surface area (Å²) in [6.07, 6.45) is 1.96. The largest absolute Gasteiger partial charge is 0.457 e. The number of aromatic amines is 2. The van der Waals surface area contributed by atoms with Gasteiger partial charge < -0.3 is 25.3 Å². The van der Waals surface area contributed by atoms with Crippen LogP contribution in [0, 0.1) is 0 Å². The highest BCUT2D eigenvalue weighted by atomic mass is 16.5. The second kappa shape index (κ2) is 11.5. The summed E-state index contributed by atoms with van der Waals surface area (Å²) >= 11 is 0. The van der Waals surface area contributed by atoms with Gasteiger partial charge in [-0.05, 0) is 106 Å².